The van der Waals surface area contributed by atoms with Crippen molar-refractivity contribution >= 4 is 29.0 Å². The molecule has 0 aliphatic rings. The zero-order valence-electron chi connectivity index (χ0n) is 17.3. The van der Waals surface area contributed by atoms with Gasteiger partial charge in [0.1, 0.15) is 17.1 Å². The van der Waals surface area contributed by atoms with Crippen LogP contribution in [0.2, 0.25) is 0 Å². The minimum Gasteiger partial charge on any atom is -0.494 e. The third-order valence-electron chi connectivity index (χ3n) is 4.75. The maximum absolute atomic E-state index is 13.0. The predicted octanol–water partition coefficient (Wildman–Crippen LogP) is 4.28. The van der Waals surface area contributed by atoms with Crippen LogP contribution in [-0.4, -0.2) is 34.9 Å². The average Bonchev–Trinajstić information content (AvgIpc) is 3.23. The minimum absolute atomic E-state index is 0.0566. The fraction of sp³-hybridized carbons (Fsp3) is 0.217. The van der Waals surface area contributed by atoms with E-state index in [2.05, 4.69) is 10.3 Å². The number of nitrogens with zero attached hydrogens (tertiary/aromatic N) is 1. The van der Waals surface area contributed by atoms with Crippen LogP contribution in [-0.2, 0) is 4.79 Å². The van der Waals surface area contributed by atoms with Gasteiger partial charge in [-0.25, -0.2) is 4.98 Å². The summed E-state index contributed by atoms with van der Waals surface area (Å²) >= 11 is 1.26. The van der Waals surface area contributed by atoms with Crippen molar-refractivity contribution in [2.75, 3.05) is 7.11 Å². The molecule has 0 saturated carbocycles. The van der Waals surface area contributed by atoms with Gasteiger partial charge >= 0.3 is 5.97 Å². The van der Waals surface area contributed by atoms with Crippen molar-refractivity contribution in [1.82, 2.24) is 10.3 Å². The normalized spacial score (nSPS) is 11.6. The summed E-state index contributed by atoms with van der Waals surface area (Å²) in [6, 6.07) is 13.2. The first kappa shape index (κ1) is 22.2. The summed E-state index contributed by atoms with van der Waals surface area (Å²) in [5, 5.41) is 12.1. The number of carbonyl (C=O) groups excluding carboxylic acids is 2. The number of rotatable bonds is 8. The van der Waals surface area contributed by atoms with Crippen LogP contribution in [0.25, 0.3) is 10.6 Å². The second-order valence-corrected chi connectivity index (χ2v) is 8.03. The molecule has 3 rings (SSSR count). The fourth-order valence-corrected chi connectivity index (χ4v) is 4.09. The molecule has 0 radical (unpaired) electrons. The lowest BCUT2D eigenvalue weighted by Gasteiger charge is -2.19. The van der Waals surface area contributed by atoms with E-state index in [1.807, 2.05) is 19.1 Å². The summed E-state index contributed by atoms with van der Waals surface area (Å²) in [6.45, 7) is 3.35. The lowest BCUT2D eigenvalue weighted by atomic mass is 9.98. The van der Waals surface area contributed by atoms with Gasteiger partial charge in [-0.05, 0) is 49.2 Å². The third-order valence-corrected chi connectivity index (χ3v) is 5.94. The second kappa shape index (κ2) is 9.53. The molecule has 0 aliphatic carbocycles. The SMILES string of the molecule is COc1ccc(C(=O)NC(CC(=O)O)c2ccccc2C)nc1-c1ccc(C(C)=O)s1. The van der Waals surface area contributed by atoms with E-state index in [0.29, 0.717) is 21.2 Å². The number of thiophene rings is 1. The Kier molecular flexibility index (Phi) is 6.81. The van der Waals surface area contributed by atoms with E-state index in [1.165, 1.54) is 31.4 Å². The summed E-state index contributed by atoms with van der Waals surface area (Å²) in [6.07, 6.45) is -0.257. The molecule has 0 bridgehead atoms. The molecule has 1 unspecified atom stereocenters. The standard InChI is InChI=1S/C23H22N2O5S/c1-13-6-4-5-7-15(13)17(12-21(27)28)25-23(29)16-8-9-18(30-3)22(24-16)20-11-10-19(31-20)14(2)26/h4-11,17H,12H2,1-3H3,(H,25,29)(H,27,28). The van der Waals surface area contributed by atoms with Gasteiger partial charge in [-0.15, -0.1) is 11.3 Å². The number of ketones is 1. The highest BCUT2D eigenvalue weighted by molar-refractivity contribution is 7.17. The van der Waals surface area contributed by atoms with E-state index >= 15 is 0 Å². The van der Waals surface area contributed by atoms with Gasteiger partial charge in [0.05, 0.1) is 29.3 Å². The number of ether oxygens (including phenoxy) is 1. The smallest absolute Gasteiger partial charge is 0.305 e. The van der Waals surface area contributed by atoms with Gasteiger partial charge in [0, 0.05) is 0 Å². The Morgan fingerprint density at radius 3 is 2.48 bits per heavy atom. The van der Waals surface area contributed by atoms with Gasteiger partial charge < -0.3 is 15.2 Å². The molecule has 1 aromatic carbocycles. The van der Waals surface area contributed by atoms with Crippen molar-refractivity contribution < 1.29 is 24.2 Å². The number of Topliss-reactive ketones (excluding diaryl/α,β-unsaturated/α-hetero) is 1. The number of amides is 1. The number of aliphatic carboxylic acids is 1. The molecule has 2 N–H and O–H groups in total. The molecular weight excluding hydrogens is 416 g/mol. The van der Waals surface area contributed by atoms with Gasteiger partial charge in [0.25, 0.3) is 5.91 Å². The molecular formula is C23H22N2O5S. The van der Waals surface area contributed by atoms with Crippen LogP contribution in [0.1, 0.15) is 50.7 Å². The van der Waals surface area contributed by atoms with Crippen LogP contribution >= 0.6 is 11.3 Å². The van der Waals surface area contributed by atoms with E-state index < -0.39 is 17.9 Å². The molecule has 0 fully saturated rings. The maximum Gasteiger partial charge on any atom is 0.305 e. The molecule has 0 spiro atoms. The number of aryl methyl sites for hydroxylation is 1. The highest BCUT2D eigenvalue weighted by Crippen LogP contribution is 2.34. The summed E-state index contributed by atoms with van der Waals surface area (Å²) in [4.78, 5) is 41.7. The Morgan fingerprint density at radius 2 is 1.87 bits per heavy atom. The summed E-state index contributed by atoms with van der Waals surface area (Å²) in [7, 11) is 1.50. The van der Waals surface area contributed by atoms with Crippen LogP contribution in [0.4, 0.5) is 0 Å². The van der Waals surface area contributed by atoms with Gasteiger partial charge in [-0.3, -0.25) is 14.4 Å². The Hall–Kier alpha value is -3.52. The molecule has 1 atom stereocenters. The number of methoxy groups -OCH3 is 1. The number of pyridine rings is 1. The van der Waals surface area contributed by atoms with Gasteiger partial charge in [0.2, 0.25) is 0 Å². The first-order valence-electron chi connectivity index (χ1n) is 9.54. The quantitative estimate of drug-likeness (QED) is 0.509. The lowest BCUT2D eigenvalue weighted by Crippen LogP contribution is -2.31. The van der Waals surface area contributed by atoms with Crippen LogP contribution in [0.3, 0.4) is 0 Å². The van der Waals surface area contributed by atoms with E-state index in [1.54, 1.807) is 30.3 Å². The molecule has 7 nitrogen and oxygen atoms in total. The Bertz CT molecular complexity index is 1140. The van der Waals surface area contributed by atoms with Crippen molar-refractivity contribution in [1.29, 1.82) is 0 Å². The predicted molar refractivity (Wildman–Crippen MR) is 118 cm³/mol. The van der Waals surface area contributed by atoms with Crippen molar-refractivity contribution in [3.63, 3.8) is 0 Å². The third kappa shape index (κ3) is 5.16. The van der Waals surface area contributed by atoms with Crippen LogP contribution in [0.15, 0.2) is 48.5 Å². The van der Waals surface area contributed by atoms with E-state index in [9.17, 15) is 19.5 Å². The van der Waals surface area contributed by atoms with Crippen LogP contribution in [0.5, 0.6) is 5.75 Å². The van der Waals surface area contributed by atoms with E-state index in [4.69, 9.17) is 4.74 Å². The molecule has 8 heteroatoms. The first-order valence-corrected chi connectivity index (χ1v) is 10.4. The lowest BCUT2D eigenvalue weighted by molar-refractivity contribution is -0.137. The molecule has 3 aromatic rings. The number of aromatic nitrogens is 1. The number of nitrogens with one attached hydrogen (secondary N) is 1. The summed E-state index contributed by atoms with van der Waals surface area (Å²) in [5.41, 5.74) is 2.18. The van der Waals surface area contributed by atoms with E-state index in [0.717, 1.165) is 11.1 Å². The Labute approximate surface area is 183 Å². The van der Waals surface area contributed by atoms with Crippen molar-refractivity contribution in [3.05, 3.63) is 70.2 Å². The Balaban J connectivity index is 1.93. The number of hydrogen-bond donors (Lipinski definition) is 2. The number of benzene rings is 1. The van der Waals surface area contributed by atoms with Crippen LogP contribution < -0.4 is 10.1 Å². The number of carbonyl (C=O) groups is 3. The molecule has 1 amide bonds. The molecule has 0 saturated heterocycles. The topological polar surface area (TPSA) is 106 Å². The maximum atomic E-state index is 13.0. The van der Waals surface area contributed by atoms with E-state index in [-0.39, 0.29) is 17.9 Å². The van der Waals surface area contributed by atoms with Crippen molar-refractivity contribution in [2.45, 2.75) is 26.3 Å². The van der Waals surface area contributed by atoms with Crippen molar-refractivity contribution in [3.8, 4) is 16.3 Å². The van der Waals surface area contributed by atoms with Gasteiger partial charge in [0.15, 0.2) is 5.78 Å². The molecule has 2 aromatic heterocycles. The number of carboxylic acids is 1. The highest BCUT2D eigenvalue weighted by Gasteiger charge is 2.22. The fourth-order valence-electron chi connectivity index (χ4n) is 3.19. The largest absolute Gasteiger partial charge is 0.494 e. The Morgan fingerprint density at radius 1 is 1.13 bits per heavy atom. The zero-order valence-corrected chi connectivity index (χ0v) is 18.2. The minimum atomic E-state index is -1.02. The second-order valence-electron chi connectivity index (χ2n) is 6.95. The van der Waals surface area contributed by atoms with Crippen LogP contribution in [0, 0.1) is 6.92 Å². The molecule has 160 valence electrons. The number of carboxylic acid groups (broad SMARTS) is 1. The monoisotopic (exact) mass is 438 g/mol. The van der Waals surface area contributed by atoms with Crippen molar-refractivity contribution in [2.24, 2.45) is 0 Å². The number of hydrogen-bond acceptors (Lipinski definition) is 6. The highest BCUT2D eigenvalue weighted by atomic mass is 32.1. The average molecular weight is 439 g/mol. The molecule has 31 heavy (non-hydrogen) atoms. The summed E-state index contributed by atoms with van der Waals surface area (Å²) in [5.74, 6) is -1.11. The van der Waals surface area contributed by atoms with Gasteiger partial charge in [-0.1, -0.05) is 24.3 Å². The zero-order chi connectivity index (χ0) is 22.5. The first-order chi connectivity index (χ1) is 14.8. The molecule has 0 aliphatic heterocycles. The summed E-state index contributed by atoms with van der Waals surface area (Å²) < 4.78 is 5.37. The molecule has 2 heterocycles. The van der Waals surface area contributed by atoms with Gasteiger partial charge in [-0.2, -0.15) is 0 Å².